The van der Waals surface area contributed by atoms with Gasteiger partial charge in [0, 0.05) is 29.1 Å². The fourth-order valence-corrected chi connectivity index (χ4v) is 4.90. The predicted molar refractivity (Wildman–Crippen MR) is 136 cm³/mol. The average molecular weight is 567 g/mol. The van der Waals surface area contributed by atoms with Crippen LogP contribution < -0.4 is 20.5 Å². The number of aromatic nitrogens is 4. The van der Waals surface area contributed by atoms with Crippen molar-refractivity contribution in [1.82, 2.24) is 24.9 Å². The molecule has 0 spiro atoms. The third kappa shape index (κ3) is 4.97. The number of amides is 3. The molecule has 0 radical (unpaired) electrons. The van der Waals surface area contributed by atoms with E-state index < -0.39 is 42.8 Å². The summed E-state index contributed by atoms with van der Waals surface area (Å²) in [6.07, 6.45) is -2.51. The number of nitrogens with two attached hydrogens (primary N) is 1. The number of nitrogens with one attached hydrogen (secondary N) is 1. The number of ether oxygens (including phenoxy) is 2. The summed E-state index contributed by atoms with van der Waals surface area (Å²) >= 11 is 0. The van der Waals surface area contributed by atoms with Crippen LogP contribution >= 0.6 is 0 Å². The van der Waals surface area contributed by atoms with Crippen LogP contribution in [0.25, 0.3) is 22.0 Å². The number of rotatable bonds is 6. The van der Waals surface area contributed by atoms with E-state index in [0.717, 1.165) is 16.5 Å². The molecule has 12 nitrogen and oxygen atoms in total. The maximum atomic E-state index is 14.5. The van der Waals surface area contributed by atoms with Gasteiger partial charge in [0.1, 0.15) is 18.8 Å². The van der Waals surface area contributed by atoms with E-state index in [9.17, 15) is 27.6 Å². The molecule has 0 bridgehead atoms. The lowest BCUT2D eigenvalue weighted by Crippen LogP contribution is -2.44. The molecule has 3 N–H and O–H groups in total. The van der Waals surface area contributed by atoms with E-state index in [4.69, 9.17) is 5.73 Å². The minimum absolute atomic E-state index is 0.0656. The van der Waals surface area contributed by atoms with Crippen LogP contribution in [0.5, 0.6) is 11.5 Å². The molecule has 4 heterocycles. The van der Waals surface area contributed by atoms with Crippen LogP contribution in [0.1, 0.15) is 16.9 Å². The summed E-state index contributed by atoms with van der Waals surface area (Å²) in [5, 5.41) is 14.7. The molecule has 2 aliphatic heterocycles. The highest BCUT2D eigenvalue weighted by molar-refractivity contribution is 6.05. The Hall–Kier alpha value is -5.21. The van der Waals surface area contributed by atoms with E-state index in [2.05, 4.69) is 30.1 Å². The van der Waals surface area contributed by atoms with Gasteiger partial charge in [-0.15, -0.1) is 8.78 Å². The molecular weight excluding hydrogens is 547 g/mol. The highest BCUT2D eigenvalue weighted by Gasteiger charge is 2.44. The quantitative estimate of drug-likeness (QED) is 0.360. The van der Waals surface area contributed by atoms with Crippen LogP contribution in [0.3, 0.4) is 0 Å². The number of nitrogens with zero attached hydrogens (tertiary/aromatic N) is 5. The molecule has 210 valence electrons. The van der Waals surface area contributed by atoms with Crippen molar-refractivity contribution in [2.24, 2.45) is 5.73 Å². The van der Waals surface area contributed by atoms with E-state index >= 15 is 0 Å². The summed E-state index contributed by atoms with van der Waals surface area (Å²) in [5.74, 6) is -2.65. The summed E-state index contributed by atoms with van der Waals surface area (Å²) in [7, 11) is 0. The second-order valence-electron chi connectivity index (χ2n) is 9.45. The molecule has 15 heteroatoms. The van der Waals surface area contributed by atoms with Crippen molar-refractivity contribution in [2.75, 3.05) is 11.9 Å². The molecule has 4 aromatic rings. The second-order valence-corrected chi connectivity index (χ2v) is 9.45. The number of anilines is 1. The largest absolute Gasteiger partial charge is 0.586 e. The molecule has 2 aromatic carbocycles. The lowest BCUT2D eigenvalue weighted by Gasteiger charge is -2.23. The normalized spacial score (nSPS) is 19.0. The zero-order valence-corrected chi connectivity index (χ0v) is 21.0. The fourth-order valence-electron chi connectivity index (χ4n) is 4.90. The molecule has 0 unspecified atom stereocenters. The fraction of sp³-hybridized carbons (Fsp3) is 0.231. The zero-order valence-electron chi connectivity index (χ0n) is 21.0. The van der Waals surface area contributed by atoms with Crippen LogP contribution in [0, 0.1) is 0 Å². The number of carbonyl (C=O) groups excluding carboxylic acids is 3. The van der Waals surface area contributed by atoms with Crippen LogP contribution in [0.15, 0.2) is 54.9 Å². The molecule has 0 saturated carbocycles. The number of fused-ring (bicyclic) bond motifs is 2. The maximum Gasteiger partial charge on any atom is 0.586 e. The Labute approximate surface area is 228 Å². The Bertz CT molecular complexity index is 1700. The Morgan fingerprint density at radius 2 is 1.85 bits per heavy atom. The minimum Gasteiger partial charge on any atom is -0.395 e. The van der Waals surface area contributed by atoms with Gasteiger partial charge in [0.15, 0.2) is 17.2 Å². The summed E-state index contributed by atoms with van der Waals surface area (Å²) in [6.45, 7) is -0.749. The van der Waals surface area contributed by atoms with Crippen LogP contribution in [0.2, 0.25) is 0 Å². The molecule has 41 heavy (non-hydrogen) atoms. The molecule has 1 saturated heterocycles. The Morgan fingerprint density at radius 1 is 1.05 bits per heavy atom. The smallest absolute Gasteiger partial charge is 0.395 e. The maximum absolute atomic E-state index is 14.5. The Kier molecular flexibility index (Phi) is 6.20. The summed E-state index contributed by atoms with van der Waals surface area (Å²) < 4.78 is 51.1. The molecule has 3 amide bonds. The van der Waals surface area contributed by atoms with E-state index in [0.29, 0.717) is 16.5 Å². The highest BCUT2D eigenvalue weighted by Crippen LogP contribution is 2.42. The lowest BCUT2D eigenvalue weighted by atomic mass is 10.0. The number of hydrogen-bond acceptors (Lipinski definition) is 8. The number of alkyl halides is 3. The van der Waals surface area contributed by atoms with Crippen molar-refractivity contribution in [3.63, 3.8) is 0 Å². The summed E-state index contributed by atoms with van der Waals surface area (Å²) in [5.41, 5.74) is 7.44. The van der Waals surface area contributed by atoms with E-state index in [1.165, 1.54) is 23.0 Å². The van der Waals surface area contributed by atoms with E-state index in [1.807, 2.05) is 0 Å². The number of halogens is 3. The van der Waals surface area contributed by atoms with Crippen molar-refractivity contribution in [2.45, 2.75) is 31.5 Å². The van der Waals surface area contributed by atoms with Crippen molar-refractivity contribution >= 4 is 34.3 Å². The number of primary amides is 1. The predicted octanol–water partition coefficient (Wildman–Crippen LogP) is 2.49. The molecule has 2 aliphatic rings. The van der Waals surface area contributed by atoms with Gasteiger partial charge in [-0.2, -0.15) is 15.3 Å². The van der Waals surface area contributed by atoms with Gasteiger partial charge in [-0.05, 0) is 35.9 Å². The second kappa shape index (κ2) is 9.76. The zero-order chi connectivity index (χ0) is 28.9. The van der Waals surface area contributed by atoms with Crippen molar-refractivity contribution < 1.29 is 37.0 Å². The first-order chi connectivity index (χ1) is 19.6. The van der Waals surface area contributed by atoms with Gasteiger partial charge >= 0.3 is 6.29 Å². The van der Waals surface area contributed by atoms with Gasteiger partial charge < -0.3 is 25.4 Å². The topological polar surface area (TPSA) is 155 Å². The van der Waals surface area contributed by atoms with Crippen molar-refractivity contribution in [3.05, 3.63) is 60.6 Å². The number of benzene rings is 2. The Morgan fingerprint density at radius 3 is 2.61 bits per heavy atom. The molecule has 0 aliphatic carbocycles. The van der Waals surface area contributed by atoms with Gasteiger partial charge in [-0.25, -0.2) is 4.39 Å². The Balaban J connectivity index is 1.22. The van der Waals surface area contributed by atoms with Crippen LogP contribution in [-0.4, -0.2) is 67.7 Å². The SMILES string of the molecule is NC(=O)c1nn(CC(=O)N2C[C@H](F)C[C@H]2C(=O)Nc2ccc3c(c2)OC(F)(F)O3)c2ccc(-c3ccnnc3)cc12. The molecule has 6 rings (SSSR count). The standard InChI is InChI=1S/C26H20F3N7O5/c27-15-8-19(25(39)33-16-2-4-20-21(9-16)41-26(28,29)40-20)35(11-15)22(37)12-36-18-3-1-13(14-5-6-31-32-10-14)7-17(18)23(34-36)24(30)38/h1-7,9-10,15,19H,8,11-12H2,(H2,30,38)(H,33,39)/t15-,19+/m1/s1. The minimum atomic E-state index is -3.83. The number of hydrogen-bond donors (Lipinski definition) is 2. The van der Waals surface area contributed by atoms with Gasteiger partial charge in [0.25, 0.3) is 5.91 Å². The number of carbonyl (C=O) groups is 3. The van der Waals surface area contributed by atoms with Gasteiger partial charge in [0.05, 0.1) is 24.5 Å². The monoisotopic (exact) mass is 567 g/mol. The van der Waals surface area contributed by atoms with Gasteiger partial charge in [-0.1, -0.05) is 6.07 Å². The summed E-state index contributed by atoms with van der Waals surface area (Å²) in [6, 6.07) is 9.28. The first-order valence-corrected chi connectivity index (χ1v) is 12.3. The first kappa shape index (κ1) is 26.0. The average Bonchev–Trinajstić information content (AvgIpc) is 3.60. The molecular formula is C26H20F3N7O5. The van der Waals surface area contributed by atoms with Gasteiger partial charge in [-0.3, -0.25) is 19.1 Å². The van der Waals surface area contributed by atoms with E-state index in [1.54, 1.807) is 30.5 Å². The van der Waals surface area contributed by atoms with Crippen molar-refractivity contribution in [3.8, 4) is 22.6 Å². The molecule has 2 atom stereocenters. The van der Waals surface area contributed by atoms with Crippen LogP contribution in [0.4, 0.5) is 18.9 Å². The highest BCUT2D eigenvalue weighted by atomic mass is 19.3. The van der Waals surface area contributed by atoms with E-state index in [-0.39, 0.29) is 35.8 Å². The summed E-state index contributed by atoms with van der Waals surface area (Å²) in [4.78, 5) is 39.6. The van der Waals surface area contributed by atoms with Crippen molar-refractivity contribution in [1.29, 1.82) is 0 Å². The third-order valence-electron chi connectivity index (χ3n) is 6.73. The lowest BCUT2D eigenvalue weighted by molar-refractivity contribution is -0.286. The van der Waals surface area contributed by atoms with Gasteiger partial charge in [0.2, 0.25) is 11.8 Å². The molecule has 1 fully saturated rings. The third-order valence-corrected chi connectivity index (χ3v) is 6.73. The van der Waals surface area contributed by atoms with Crippen LogP contribution in [-0.2, 0) is 16.1 Å². The first-order valence-electron chi connectivity index (χ1n) is 12.3. The number of likely N-dealkylation sites (tertiary alicyclic amines) is 1. The molecule has 2 aromatic heterocycles.